The van der Waals surface area contributed by atoms with Gasteiger partial charge in [0.2, 0.25) is 0 Å². The number of fused-ring (bicyclic) bond motifs is 1. The SMILES string of the molecule is CCCCOc1ccc2oc(C3(F)C=CC(CN4CC(C(=O)O)C4)=CC3)cc2c1. The van der Waals surface area contributed by atoms with E-state index in [0.29, 0.717) is 37.6 Å². The largest absolute Gasteiger partial charge is 0.494 e. The monoisotopic (exact) mass is 399 g/mol. The topological polar surface area (TPSA) is 62.9 Å². The van der Waals surface area contributed by atoms with E-state index >= 15 is 4.39 Å². The standard InChI is InChI=1S/C23H26FNO4/c1-2-3-10-28-19-4-5-20-17(11-19)12-21(29-20)23(24)8-6-16(7-9-23)13-25-14-18(15-25)22(26)27/h4-8,11-12,18H,2-3,9-10,13-15H2,1H3,(H,26,27). The summed E-state index contributed by atoms with van der Waals surface area (Å²) in [6.45, 7) is 4.53. The predicted octanol–water partition coefficient (Wildman–Crippen LogP) is 4.68. The molecule has 0 saturated carbocycles. The van der Waals surface area contributed by atoms with E-state index in [1.54, 1.807) is 18.2 Å². The van der Waals surface area contributed by atoms with E-state index in [1.165, 1.54) is 0 Å². The minimum atomic E-state index is -1.68. The Bertz CT molecular complexity index is 957. The Balaban J connectivity index is 1.41. The van der Waals surface area contributed by atoms with Crippen molar-refractivity contribution < 1.29 is 23.4 Å². The number of unbranched alkanes of at least 4 members (excludes halogenated alkanes) is 1. The molecule has 6 heteroatoms. The molecule has 1 aromatic carbocycles. The number of alkyl halides is 1. The highest BCUT2D eigenvalue weighted by Gasteiger charge is 2.36. The van der Waals surface area contributed by atoms with Crippen LogP contribution >= 0.6 is 0 Å². The lowest BCUT2D eigenvalue weighted by atomic mass is 9.90. The second kappa shape index (κ2) is 8.03. The molecule has 2 aromatic rings. The first kappa shape index (κ1) is 19.7. The van der Waals surface area contributed by atoms with Crippen molar-refractivity contribution in [2.45, 2.75) is 31.9 Å². The van der Waals surface area contributed by atoms with Crippen LogP contribution < -0.4 is 4.74 Å². The number of furan rings is 1. The van der Waals surface area contributed by atoms with E-state index in [1.807, 2.05) is 24.3 Å². The summed E-state index contributed by atoms with van der Waals surface area (Å²) >= 11 is 0. The van der Waals surface area contributed by atoms with Crippen LogP contribution in [0.3, 0.4) is 0 Å². The van der Waals surface area contributed by atoms with Crippen molar-refractivity contribution >= 4 is 16.9 Å². The fraction of sp³-hybridized carbons (Fsp3) is 0.435. The third-order valence-electron chi connectivity index (χ3n) is 5.60. The summed E-state index contributed by atoms with van der Waals surface area (Å²) in [5.74, 6) is 0.0252. The van der Waals surface area contributed by atoms with Gasteiger partial charge in [-0.15, -0.1) is 0 Å². The van der Waals surface area contributed by atoms with Crippen LogP contribution in [-0.2, 0) is 10.5 Å². The highest BCUT2D eigenvalue weighted by Crippen LogP contribution is 2.39. The van der Waals surface area contributed by atoms with Gasteiger partial charge in [-0.25, -0.2) is 4.39 Å². The molecule has 0 bridgehead atoms. The first-order valence-electron chi connectivity index (χ1n) is 10.2. The average Bonchev–Trinajstić information content (AvgIpc) is 3.10. The van der Waals surface area contributed by atoms with Gasteiger partial charge in [-0.3, -0.25) is 9.69 Å². The van der Waals surface area contributed by atoms with Gasteiger partial charge < -0.3 is 14.3 Å². The number of rotatable bonds is 8. The second-order valence-corrected chi connectivity index (χ2v) is 7.92. The van der Waals surface area contributed by atoms with Crippen LogP contribution in [0.15, 0.2) is 52.5 Å². The first-order chi connectivity index (χ1) is 14.0. The molecule has 1 aliphatic carbocycles. The maximum atomic E-state index is 15.5. The van der Waals surface area contributed by atoms with Gasteiger partial charge in [0, 0.05) is 31.4 Å². The Hall–Kier alpha value is -2.60. The van der Waals surface area contributed by atoms with Crippen LogP contribution in [0.2, 0.25) is 0 Å². The molecule has 154 valence electrons. The second-order valence-electron chi connectivity index (χ2n) is 7.92. The number of nitrogens with zero attached hydrogens (tertiary/aromatic N) is 1. The summed E-state index contributed by atoms with van der Waals surface area (Å²) in [7, 11) is 0. The van der Waals surface area contributed by atoms with E-state index < -0.39 is 11.6 Å². The number of carboxylic acid groups (broad SMARTS) is 1. The molecule has 1 unspecified atom stereocenters. The van der Waals surface area contributed by atoms with Gasteiger partial charge in [-0.1, -0.05) is 25.5 Å². The molecule has 1 atom stereocenters. The minimum Gasteiger partial charge on any atom is -0.494 e. The molecule has 1 aromatic heterocycles. The number of carboxylic acids is 1. The van der Waals surface area contributed by atoms with Crippen LogP contribution in [0.25, 0.3) is 11.0 Å². The van der Waals surface area contributed by atoms with E-state index in [0.717, 1.165) is 29.6 Å². The van der Waals surface area contributed by atoms with Crippen molar-refractivity contribution in [3.8, 4) is 5.75 Å². The fourth-order valence-corrected chi connectivity index (χ4v) is 3.72. The molecule has 0 amide bonds. The molecular formula is C23H26FNO4. The Morgan fingerprint density at radius 2 is 2.21 bits per heavy atom. The molecular weight excluding hydrogens is 373 g/mol. The normalized spacial score (nSPS) is 22.5. The lowest BCUT2D eigenvalue weighted by Crippen LogP contribution is -2.50. The molecule has 2 aliphatic rings. The van der Waals surface area contributed by atoms with Crippen LogP contribution in [0.5, 0.6) is 5.75 Å². The van der Waals surface area contributed by atoms with Crippen molar-refractivity contribution in [3.63, 3.8) is 0 Å². The van der Waals surface area contributed by atoms with E-state index in [9.17, 15) is 4.79 Å². The van der Waals surface area contributed by atoms with Crippen molar-refractivity contribution in [1.82, 2.24) is 4.90 Å². The van der Waals surface area contributed by atoms with Crippen molar-refractivity contribution in [1.29, 1.82) is 0 Å². The highest BCUT2D eigenvalue weighted by molar-refractivity contribution is 5.80. The Kier molecular flexibility index (Phi) is 5.46. The molecule has 1 saturated heterocycles. The maximum absolute atomic E-state index is 15.5. The van der Waals surface area contributed by atoms with Gasteiger partial charge >= 0.3 is 5.97 Å². The quantitative estimate of drug-likeness (QED) is 0.653. The summed E-state index contributed by atoms with van der Waals surface area (Å²) in [4.78, 5) is 13.0. The van der Waals surface area contributed by atoms with Crippen LogP contribution in [0.4, 0.5) is 4.39 Å². The van der Waals surface area contributed by atoms with Gasteiger partial charge in [0.1, 0.15) is 17.1 Å². The third-order valence-corrected chi connectivity index (χ3v) is 5.60. The summed E-state index contributed by atoms with van der Waals surface area (Å²) in [6.07, 6.45) is 7.48. The lowest BCUT2D eigenvalue weighted by molar-refractivity contribution is -0.147. The van der Waals surface area contributed by atoms with Crippen molar-refractivity contribution in [3.05, 3.63) is 53.8 Å². The minimum absolute atomic E-state index is 0.203. The zero-order valence-corrected chi connectivity index (χ0v) is 16.6. The lowest BCUT2D eigenvalue weighted by Gasteiger charge is -2.37. The third kappa shape index (κ3) is 4.22. The zero-order valence-electron chi connectivity index (χ0n) is 16.6. The first-order valence-corrected chi connectivity index (χ1v) is 10.2. The van der Waals surface area contributed by atoms with Gasteiger partial charge in [-0.2, -0.15) is 0 Å². The zero-order chi connectivity index (χ0) is 20.4. The fourth-order valence-electron chi connectivity index (χ4n) is 3.72. The number of allylic oxidation sites excluding steroid dienone is 2. The number of hydrogen-bond donors (Lipinski definition) is 1. The average molecular weight is 399 g/mol. The summed E-state index contributed by atoms with van der Waals surface area (Å²) < 4.78 is 27.0. The summed E-state index contributed by atoms with van der Waals surface area (Å²) in [5, 5.41) is 9.79. The smallest absolute Gasteiger partial charge is 0.309 e. The molecule has 1 fully saturated rings. The van der Waals surface area contributed by atoms with Crippen LogP contribution in [-0.4, -0.2) is 42.2 Å². The Labute approximate surface area is 169 Å². The summed E-state index contributed by atoms with van der Waals surface area (Å²) in [5.41, 5.74) is -0.0298. The molecule has 0 spiro atoms. The van der Waals surface area contributed by atoms with Gasteiger partial charge in [0.05, 0.1) is 12.5 Å². The van der Waals surface area contributed by atoms with E-state index in [2.05, 4.69) is 11.8 Å². The molecule has 1 aliphatic heterocycles. The molecule has 5 nitrogen and oxygen atoms in total. The van der Waals surface area contributed by atoms with E-state index in [-0.39, 0.29) is 12.3 Å². The number of ether oxygens (including phenoxy) is 1. The van der Waals surface area contributed by atoms with Gasteiger partial charge in [-0.05, 0) is 42.3 Å². The van der Waals surface area contributed by atoms with Crippen LogP contribution in [0, 0.1) is 5.92 Å². The highest BCUT2D eigenvalue weighted by atomic mass is 19.1. The Morgan fingerprint density at radius 1 is 1.38 bits per heavy atom. The Morgan fingerprint density at radius 3 is 2.90 bits per heavy atom. The van der Waals surface area contributed by atoms with Gasteiger partial charge in [0.15, 0.2) is 5.67 Å². The van der Waals surface area contributed by atoms with E-state index in [4.69, 9.17) is 14.3 Å². The van der Waals surface area contributed by atoms with Gasteiger partial charge in [0.25, 0.3) is 0 Å². The number of likely N-dealkylation sites (tertiary alicyclic amines) is 1. The number of carbonyl (C=O) groups is 1. The molecule has 29 heavy (non-hydrogen) atoms. The number of halogens is 1. The van der Waals surface area contributed by atoms with Crippen LogP contribution in [0.1, 0.15) is 31.9 Å². The maximum Gasteiger partial charge on any atom is 0.309 e. The number of aliphatic carboxylic acids is 1. The predicted molar refractivity (Wildman–Crippen MR) is 109 cm³/mol. The number of benzene rings is 1. The number of hydrogen-bond acceptors (Lipinski definition) is 4. The van der Waals surface area contributed by atoms with Crippen molar-refractivity contribution in [2.24, 2.45) is 5.92 Å². The molecule has 4 rings (SSSR count). The molecule has 1 N–H and O–H groups in total. The molecule has 2 heterocycles. The summed E-state index contributed by atoms with van der Waals surface area (Å²) in [6, 6.07) is 7.30. The van der Waals surface area contributed by atoms with Crippen molar-refractivity contribution in [2.75, 3.05) is 26.2 Å². The molecule has 0 radical (unpaired) electrons.